The van der Waals surface area contributed by atoms with E-state index in [2.05, 4.69) is 31.9 Å². The average Bonchev–Trinajstić information content (AvgIpc) is 2.41. The molecule has 0 aliphatic heterocycles. The van der Waals surface area contributed by atoms with Crippen LogP contribution in [0.5, 0.6) is 0 Å². The Balaban J connectivity index is 2.52. The van der Waals surface area contributed by atoms with E-state index in [1.807, 2.05) is 47.4 Å². The minimum absolute atomic E-state index is 0.547. The molecule has 0 aliphatic rings. The quantitative estimate of drug-likeness (QED) is 0.660. The summed E-state index contributed by atoms with van der Waals surface area (Å²) in [5, 5.41) is 0. The highest BCUT2D eigenvalue weighted by Crippen LogP contribution is 2.09. The molecule has 0 aromatic heterocycles. The fraction of sp³-hybridized carbons (Fsp3) is 0.0667. The normalized spacial score (nSPS) is 11.3. The van der Waals surface area contributed by atoms with Crippen LogP contribution in [0.1, 0.15) is 5.56 Å². The van der Waals surface area contributed by atoms with Gasteiger partial charge < -0.3 is 4.43 Å². The standard InChI is InChI=1S/C15H18OSi/c1-4-17(5-2,6-3)16-14-10-13-15-11-8-7-9-12-15/h4-13H,1-3,14H2. The van der Waals surface area contributed by atoms with Gasteiger partial charge in [-0.15, -0.1) is 19.7 Å². The summed E-state index contributed by atoms with van der Waals surface area (Å²) in [7, 11) is -2.12. The predicted octanol–water partition coefficient (Wildman–Crippen LogP) is 3.84. The summed E-state index contributed by atoms with van der Waals surface area (Å²) < 4.78 is 5.80. The molecule has 0 saturated heterocycles. The van der Waals surface area contributed by atoms with E-state index >= 15 is 0 Å². The maximum absolute atomic E-state index is 5.80. The zero-order chi connectivity index (χ0) is 12.6. The molecule has 2 heteroatoms. The van der Waals surface area contributed by atoms with E-state index in [9.17, 15) is 0 Å². The Kier molecular flexibility index (Phi) is 5.40. The van der Waals surface area contributed by atoms with Crippen molar-refractivity contribution in [3.8, 4) is 0 Å². The summed E-state index contributed by atoms with van der Waals surface area (Å²) in [6.45, 7) is 11.9. The third kappa shape index (κ3) is 4.02. The minimum atomic E-state index is -2.12. The Labute approximate surface area is 105 Å². The molecule has 0 bridgehead atoms. The summed E-state index contributed by atoms with van der Waals surface area (Å²) >= 11 is 0. The molecule has 0 radical (unpaired) electrons. The van der Waals surface area contributed by atoms with Crippen molar-refractivity contribution in [2.24, 2.45) is 0 Å². The summed E-state index contributed by atoms with van der Waals surface area (Å²) in [6, 6.07) is 10.1. The number of hydrogen-bond acceptors (Lipinski definition) is 1. The van der Waals surface area contributed by atoms with Gasteiger partial charge in [-0.2, -0.15) is 0 Å². The molecule has 1 aromatic carbocycles. The molecule has 0 N–H and O–H groups in total. The first kappa shape index (κ1) is 13.4. The second-order valence-corrected chi connectivity index (χ2v) is 6.81. The molecule has 1 nitrogen and oxygen atoms in total. The highest BCUT2D eigenvalue weighted by Gasteiger charge is 2.22. The lowest BCUT2D eigenvalue weighted by Crippen LogP contribution is -2.31. The Hall–Kier alpha value is -1.64. The van der Waals surface area contributed by atoms with Gasteiger partial charge in [0, 0.05) is 0 Å². The van der Waals surface area contributed by atoms with E-state index < -0.39 is 8.32 Å². The van der Waals surface area contributed by atoms with Crippen LogP contribution in [0.3, 0.4) is 0 Å². The lowest BCUT2D eigenvalue weighted by molar-refractivity contribution is 0.370. The van der Waals surface area contributed by atoms with Crippen molar-refractivity contribution in [1.29, 1.82) is 0 Å². The lowest BCUT2D eigenvalue weighted by Gasteiger charge is -2.18. The highest BCUT2D eigenvalue weighted by atomic mass is 28.4. The van der Waals surface area contributed by atoms with Gasteiger partial charge in [-0.05, 0) is 5.56 Å². The zero-order valence-electron chi connectivity index (χ0n) is 10.0. The first-order valence-corrected chi connectivity index (χ1v) is 7.66. The molecular weight excluding hydrogens is 224 g/mol. The molecule has 0 fully saturated rings. The summed E-state index contributed by atoms with van der Waals surface area (Å²) in [5.41, 5.74) is 6.63. The molecule has 1 aromatic rings. The first-order valence-electron chi connectivity index (χ1n) is 5.52. The Morgan fingerprint density at radius 2 is 1.59 bits per heavy atom. The van der Waals surface area contributed by atoms with Crippen molar-refractivity contribution < 1.29 is 4.43 Å². The largest absolute Gasteiger partial charge is 0.402 e. The topological polar surface area (TPSA) is 9.23 Å². The van der Waals surface area contributed by atoms with Gasteiger partial charge in [-0.1, -0.05) is 59.6 Å². The highest BCUT2D eigenvalue weighted by molar-refractivity contribution is 6.87. The smallest absolute Gasteiger partial charge is 0.265 e. The molecule has 0 amide bonds. The molecule has 0 atom stereocenters. The van der Waals surface area contributed by atoms with Gasteiger partial charge in [-0.3, -0.25) is 0 Å². The van der Waals surface area contributed by atoms with Crippen molar-refractivity contribution in [2.45, 2.75) is 0 Å². The predicted molar refractivity (Wildman–Crippen MR) is 77.8 cm³/mol. The second-order valence-electron chi connectivity index (χ2n) is 3.59. The van der Waals surface area contributed by atoms with Crippen molar-refractivity contribution >= 4 is 14.4 Å². The Morgan fingerprint density at radius 3 is 2.12 bits per heavy atom. The van der Waals surface area contributed by atoms with Crippen LogP contribution in [0.2, 0.25) is 0 Å². The monoisotopic (exact) mass is 242 g/mol. The van der Waals surface area contributed by atoms with E-state index in [0.29, 0.717) is 6.61 Å². The molecule has 88 valence electrons. The summed E-state index contributed by atoms with van der Waals surface area (Å²) in [5.74, 6) is 0. The van der Waals surface area contributed by atoms with E-state index in [1.165, 1.54) is 5.56 Å². The molecular formula is C15H18OSi. The molecule has 1 rings (SSSR count). The molecule has 17 heavy (non-hydrogen) atoms. The number of hydrogen-bond donors (Lipinski definition) is 0. The Bertz CT molecular complexity index is 384. The lowest BCUT2D eigenvalue weighted by atomic mass is 10.2. The van der Waals surface area contributed by atoms with Crippen LogP contribution in [0.4, 0.5) is 0 Å². The van der Waals surface area contributed by atoms with Gasteiger partial charge in [-0.25, -0.2) is 0 Å². The minimum Gasteiger partial charge on any atom is -0.402 e. The van der Waals surface area contributed by atoms with Crippen LogP contribution in [0.15, 0.2) is 73.2 Å². The van der Waals surface area contributed by atoms with E-state index in [-0.39, 0.29) is 0 Å². The van der Waals surface area contributed by atoms with Crippen molar-refractivity contribution in [1.82, 2.24) is 0 Å². The van der Waals surface area contributed by atoms with Crippen LogP contribution in [0, 0.1) is 0 Å². The number of rotatable bonds is 7. The fourth-order valence-corrected chi connectivity index (χ4v) is 2.61. The molecule has 0 spiro atoms. The van der Waals surface area contributed by atoms with E-state index in [4.69, 9.17) is 4.43 Å². The Morgan fingerprint density at radius 1 is 1.00 bits per heavy atom. The maximum atomic E-state index is 5.80. The summed E-state index contributed by atoms with van der Waals surface area (Å²) in [4.78, 5) is 0. The molecule has 0 aliphatic carbocycles. The van der Waals surface area contributed by atoms with Crippen molar-refractivity contribution in [2.75, 3.05) is 6.61 Å². The van der Waals surface area contributed by atoms with Crippen LogP contribution in [-0.2, 0) is 4.43 Å². The third-order valence-electron chi connectivity index (χ3n) is 2.50. The summed E-state index contributed by atoms with van der Waals surface area (Å²) in [6.07, 6.45) is 4.03. The van der Waals surface area contributed by atoms with Crippen LogP contribution < -0.4 is 0 Å². The van der Waals surface area contributed by atoms with Gasteiger partial charge in [0.1, 0.15) is 0 Å². The van der Waals surface area contributed by atoms with E-state index in [1.54, 1.807) is 0 Å². The average molecular weight is 242 g/mol. The fourth-order valence-electron chi connectivity index (χ4n) is 1.37. The van der Waals surface area contributed by atoms with Gasteiger partial charge >= 0.3 is 0 Å². The van der Waals surface area contributed by atoms with E-state index in [0.717, 1.165) is 0 Å². The van der Waals surface area contributed by atoms with Crippen LogP contribution >= 0.6 is 0 Å². The van der Waals surface area contributed by atoms with Gasteiger partial charge in [0.2, 0.25) is 0 Å². The first-order chi connectivity index (χ1) is 8.26. The van der Waals surface area contributed by atoms with Crippen LogP contribution in [-0.4, -0.2) is 14.9 Å². The maximum Gasteiger partial charge on any atom is 0.265 e. The van der Waals surface area contributed by atoms with Crippen molar-refractivity contribution in [3.63, 3.8) is 0 Å². The third-order valence-corrected chi connectivity index (χ3v) is 5.08. The van der Waals surface area contributed by atoms with Gasteiger partial charge in [0.15, 0.2) is 0 Å². The molecule has 0 unspecified atom stereocenters. The SMILES string of the molecule is C=C[Si](C=C)(C=C)OCC=Cc1ccccc1. The second kappa shape index (κ2) is 6.84. The van der Waals surface area contributed by atoms with Crippen molar-refractivity contribution in [3.05, 3.63) is 78.8 Å². The van der Waals surface area contributed by atoms with Gasteiger partial charge in [0.05, 0.1) is 6.61 Å². The number of benzene rings is 1. The molecule has 0 saturated carbocycles. The zero-order valence-corrected chi connectivity index (χ0v) is 11.0. The molecule has 0 heterocycles. The van der Waals surface area contributed by atoms with Crippen LogP contribution in [0.25, 0.3) is 6.08 Å². The van der Waals surface area contributed by atoms with Gasteiger partial charge in [0.25, 0.3) is 8.32 Å².